The summed E-state index contributed by atoms with van der Waals surface area (Å²) >= 11 is 5.96. The molecule has 19 heavy (non-hydrogen) atoms. The molecule has 0 amide bonds. The Hall–Kier alpha value is -0.780. The van der Waals surface area contributed by atoms with Crippen LogP contribution < -0.4 is 10.5 Å². The largest absolute Gasteiger partial charge is 0.398 e. The van der Waals surface area contributed by atoms with Gasteiger partial charge in [0, 0.05) is 17.3 Å². The molecule has 1 aliphatic carbocycles. The van der Waals surface area contributed by atoms with Gasteiger partial charge >= 0.3 is 0 Å². The highest BCUT2D eigenvalue weighted by Gasteiger charge is 2.21. The zero-order chi connectivity index (χ0) is 14.0. The molecule has 1 aromatic rings. The molecular formula is C13H19ClN2O2S. The van der Waals surface area contributed by atoms with E-state index < -0.39 is 10.0 Å². The Morgan fingerprint density at radius 1 is 1.42 bits per heavy atom. The van der Waals surface area contributed by atoms with E-state index in [4.69, 9.17) is 17.3 Å². The molecule has 6 heteroatoms. The third-order valence-electron chi connectivity index (χ3n) is 3.45. The predicted octanol–water partition coefficient (Wildman–Crippen LogP) is 2.70. The molecule has 0 radical (unpaired) electrons. The van der Waals surface area contributed by atoms with Crippen molar-refractivity contribution in [3.05, 3.63) is 22.7 Å². The summed E-state index contributed by atoms with van der Waals surface area (Å²) in [6, 6.07) is 2.89. The summed E-state index contributed by atoms with van der Waals surface area (Å²) in [5.74, 6) is 0.814. The van der Waals surface area contributed by atoms with Crippen LogP contribution in [0.5, 0.6) is 0 Å². The molecule has 0 saturated heterocycles. The Bertz CT molecular complexity index is 545. The van der Waals surface area contributed by atoms with Crippen LogP contribution in [0.1, 0.15) is 31.2 Å². The van der Waals surface area contributed by atoms with Crippen molar-refractivity contribution in [2.75, 3.05) is 12.3 Å². The molecule has 0 atom stereocenters. The van der Waals surface area contributed by atoms with Crippen LogP contribution in [0, 0.1) is 12.8 Å². The van der Waals surface area contributed by atoms with E-state index >= 15 is 0 Å². The maximum atomic E-state index is 12.1. The fraction of sp³-hybridized carbons (Fsp3) is 0.538. The highest BCUT2D eigenvalue weighted by molar-refractivity contribution is 7.89. The molecule has 106 valence electrons. The van der Waals surface area contributed by atoms with Gasteiger partial charge in [0.2, 0.25) is 10.0 Å². The monoisotopic (exact) mass is 302 g/mol. The van der Waals surface area contributed by atoms with Crippen molar-refractivity contribution in [1.29, 1.82) is 0 Å². The lowest BCUT2D eigenvalue weighted by atomic mass is 10.2. The molecular weight excluding hydrogens is 284 g/mol. The normalized spacial score (nSPS) is 15.7. The van der Waals surface area contributed by atoms with E-state index in [2.05, 4.69) is 4.72 Å². The van der Waals surface area contributed by atoms with Crippen molar-refractivity contribution < 1.29 is 8.42 Å². The Labute approximate surface area is 119 Å². The molecule has 3 N–H and O–H groups in total. The second-order valence-corrected chi connectivity index (χ2v) is 7.28. The van der Waals surface area contributed by atoms with Crippen LogP contribution in [0.3, 0.4) is 0 Å². The Kier molecular flexibility index (Phi) is 4.38. The van der Waals surface area contributed by atoms with Crippen molar-refractivity contribution in [3.8, 4) is 0 Å². The summed E-state index contributed by atoms with van der Waals surface area (Å²) in [5.41, 5.74) is 6.84. The molecule has 0 heterocycles. The summed E-state index contributed by atoms with van der Waals surface area (Å²) in [7, 11) is -3.51. The SMILES string of the molecule is Cc1c(N)cc(S(=O)(=O)NCCCC2CC2)cc1Cl. The van der Waals surface area contributed by atoms with Gasteiger partial charge in [0.25, 0.3) is 0 Å². The van der Waals surface area contributed by atoms with E-state index in [0.717, 1.165) is 18.8 Å². The van der Waals surface area contributed by atoms with Crippen LogP contribution in [0.25, 0.3) is 0 Å². The predicted molar refractivity (Wildman–Crippen MR) is 77.7 cm³/mol. The average Bonchev–Trinajstić information content (AvgIpc) is 3.15. The van der Waals surface area contributed by atoms with Crippen LogP contribution in [-0.2, 0) is 10.0 Å². The minimum absolute atomic E-state index is 0.132. The number of nitrogen functional groups attached to an aromatic ring is 1. The van der Waals surface area contributed by atoms with E-state index in [9.17, 15) is 8.42 Å². The molecule has 2 rings (SSSR count). The quantitative estimate of drug-likeness (QED) is 0.627. The molecule has 0 spiro atoms. The van der Waals surface area contributed by atoms with Gasteiger partial charge in [-0.3, -0.25) is 0 Å². The third kappa shape index (κ3) is 3.84. The van der Waals surface area contributed by atoms with Gasteiger partial charge in [-0.1, -0.05) is 24.4 Å². The fourth-order valence-corrected chi connectivity index (χ4v) is 3.34. The zero-order valence-electron chi connectivity index (χ0n) is 10.9. The van der Waals surface area contributed by atoms with E-state index in [1.54, 1.807) is 6.92 Å². The summed E-state index contributed by atoms with van der Waals surface area (Å²) in [5, 5.41) is 0.373. The highest BCUT2D eigenvalue weighted by Crippen LogP contribution is 2.33. The second kappa shape index (κ2) is 5.69. The number of rotatable bonds is 6. The highest BCUT2D eigenvalue weighted by atomic mass is 35.5. The van der Waals surface area contributed by atoms with Crippen LogP contribution in [0.2, 0.25) is 5.02 Å². The lowest BCUT2D eigenvalue weighted by Crippen LogP contribution is -2.25. The van der Waals surface area contributed by atoms with E-state index in [-0.39, 0.29) is 4.90 Å². The molecule has 1 aromatic carbocycles. The number of nitrogens with one attached hydrogen (secondary N) is 1. The first kappa shape index (κ1) is 14.6. The first-order valence-electron chi connectivity index (χ1n) is 6.45. The average molecular weight is 303 g/mol. The van der Waals surface area contributed by atoms with Gasteiger partial charge < -0.3 is 5.73 Å². The van der Waals surface area contributed by atoms with Gasteiger partial charge in [0.15, 0.2) is 0 Å². The van der Waals surface area contributed by atoms with Gasteiger partial charge in [-0.15, -0.1) is 0 Å². The summed E-state index contributed by atoms with van der Waals surface area (Å²) in [6.07, 6.45) is 4.55. The number of nitrogens with two attached hydrogens (primary N) is 1. The number of hydrogen-bond acceptors (Lipinski definition) is 3. The molecule has 1 aliphatic rings. The number of sulfonamides is 1. The topological polar surface area (TPSA) is 72.2 Å². The van der Waals surface area contributed by atoms with Crippen LogP contribution in [0.15, 0.2) is 17.0 Å². The van der Waals surface area contributed by atoms with Gasteiger partial charge in [-0.25, -0.2) is 13.1 Å². The van der Waals surface area contributed by atoms with E-state index in [0.29, 0.717) is 22.8 Å². The fourth-order valence-electron chi connectivity index (χ4n) is 1.92. The second-order valence-electron chi connectivity index (χ2n) is 5.10. The Morgan fingerprint density at radius 3 is 2.68 bits per heavy atom. The smallest absolute Gasteiger partial charge is 0.240 e. The maximum Gasteiger partial charge on any atom is 0.240 e. The number of halogens is 1. The zero-order valence-corrected chi connectivity index (χ0v) is 12.5. The van der Waals surface area contributed by atoms with E-state index in [1.807, 2.05) is 0 Å². The summed E-state index contributed by atoms with van der Waals surface area (Å²) in [6.45, 7) is 2.22. The number of benzene rings is 1. The van der Waals surface area contributed by atoms with Gasteiger partial charge in [0.1, 0.15) is 0 Å². The minimum Gasteiger partial charge on any atom is -0.398 e. The van der Waals surface area contributed by atoms with Crippen molar-refractivity contribution >= 4 is 27.3 Å². The Balaban J connectivity index is 2.01. The first-order chi connectivity index (χ1) is 8.90. The van der Waals surface area contributed by atoms with Gasteiger partial charge in [-0.2, -0.15) is 0 Å². The maximum absolute atomic E-state index is 12.1. The van der Waals surface area contributed by atoms with Crippen molar-refractivity contribution in [2.45, 2.75) is 37.5 Å². The lowest BCUT2D eigenvalue weighted by Gasteiger charge is -2.10. The van der Waals surface area contributed by atoms with Crippen LogP contribution in [0.4, 0.5) is 5.69 Å². The molecule has 0 aromatic heterocycles. The molecule has 1 fully saturated rings. The Morgan fingerprint density at radius 2 is 2.11 bits per heavy atom. The minimum atomic E-state index is -3.51. The van der Waals surface area contributed by atoms with Crippen LogP contribution >= 0.6 is 11.6 Å². The number of anilines is 1. The summed E-state index contributed by atoms with van der Waals surface area (Å²) in [4.78, 5) is 0.132. The molecule has 4 nitrogen and oxygen atoms in total. The summed E-state index contributed by atoms with van der Waals surface area (Å²) < 4.78 is 26.8. The molecule has 0 aliphatic heterocycles. The third-order valence-corrected chi connectivity index (χ3v) is 5.28. The van der Waals surface area contributed by atoms with Crippen molar-refractivity contribution in [1.82, 2.24) is 4.72 Å². The van der Waals surface area contributed by atoms with Crippen LogP contribution in [-0.4, -0.2) is 15.0 Å². The standard InChI is InChI=1S/C13H19ClN2O2S/c1-9-12(14)7-11(8-13(9)15)19(17,18)16-6-2-3-10-4-5-10/h7-8,10,16H,2-6,15H2,1H3. The molecule has 1 saturated carbocycles. The van der Waals surface area contributed by atoms with Gasteiger partial charge in [-0.05, 0) is 43.4 Å². The van der Waals surface area contributed by atoms with Crippen molar-refractivity contribution in [2.24, 2.45) is 5.92 Å². The molecule has 0 bridgehead atoms. The van der Waals surface area contributed by atoms with Crippen molar-refractivity contribution in [3.63, 3.8) is 0 Å². The van der Waals surface area contributed by atoms with Gasteiger partial charge in [0.05, 0.1) is 4.90 Å². The molecule has 0 unspecified atom stereocenters. The first-order valence-corrected chi connectivity index (χ1v) is 8.31. The lowest BCUT2D eigenvalue weighted by molar-refractivity contribution is 0.572. The number of hydrogen-bond donors (Lipinski definition) is 2. The van der Waals surface area contributed by atoms with E-state index in [1.165, 1.54) is 25.0 Å².